The molecule has 6 nitrogen and oxygen atoms in total. The van der Waals surface area contributed by atoms with Gasteiger partial charge in [-0.3, -0.25) is 14.4 Å². The van der Waals surface area contributed by atoms with Crippen LogP contribution in [0.5, 0.6) is 0 Å². The van der Waals surface area contributed by atoms with E-state index in [4.69, 9.17) is 17.3 Å². The quantitative estimate of drug-likeness (QED) is 0.852. The highest BCUT2D eigenvalue weighted by Crippen LogP contribution is 2.38. The number of amides is 3. The molecule has 0 spiro atoms. The fourth-order valence-electron chi connectivity index (χ4n) is 2.96. The third kappa shape index (κ3) is 3.67. The van der Waals surface area contributed by atoms with Gasteiger partial charge in [-0.05, 0) is 31.0 Å². The van der Waals surface area contributed by atoms with Crippen LogP contribution in [-0.2, 0) is 14.4 Å². The third-order valence-electron chi connectivity index (χ3n) is 4.37. The summed E-state index contributed by atoms with van der Waals surface area (Å²) in [6.45, 7) is 1.02. The minimum atomic E-state index is -0.458. The Morgan fingerprint density at radius 3 is 2.71 bits per heavy atom. The maximum absolute atomic E-state index is 12.4. The molecule has 2 aliphatic rings. The number of halogens is 1. The summed E-state index contributed by atoms with van der Waals surface area (Å²) >= 11 is 7.31. The van der Waals surface area contributed by atoms with Crippen molar-refractivity contribution in [3.8, 4) is 0 Å². The molecule has 1 saturated heterocycles. The van der Waals surface area contributed by atoms with Gasteiger partial charge in [0.1, 0.15) is 0 Å². The zero-order valence-corrected chi connectivity index (χ0v) is 14.5. The highest BCUT2D eigenvalue weighted by Gasteiger charge is 2.32. The van der Waals surface area contributed by atoms with E-state index in [1.54, 1.807) is 17.0 Å². The Balaban J connectivity index is 1.60. The fraction of sp³-hybridized carbons (Fsp3) is 0.438. The molecule has 0 saturated carbocycles. The molecule has 8 heteroatoms. The summed E-state index contributed by atoms with van der Waals surface area (Å²) in [5.41, 5.74) is 5.99. The lowest BCUT2D eigenvalue weighted by atomic mass is 9.96. The van der Waals surface area contributed by atoms with Gasteiger partial charge in [-0.25, -0.2) is 0 Å². The number of nitrogens with one attached hydrogen (secondary N) is 1. The number of rotatable bonds is 3. The van der Waals surface area contributed by atoms with Gasteiger partial charge in [-0.15, -0.1) is 11.8 Å². The number of piperidine rings is 1. The number of fused-ring (bicyclic) bond motifs is 1. The summed E-state index contributed by atoms with van der Waals surface area (Å²) in [5, 5.41) is 2.90. The lowest BCUT2D eigenvalue weighted by molar-refractivity contribution is -0.135. The smallest absolute Gasteiger partial charge is 0.238 e. The number of thioether (sulfide) groups is 1. The van der Waals surface area contributed by atoms with Crippen molar-refractivity contribution in [2.45, 2.75) is 29.4 Å². The minimum absolute atomic E-state index is 0.0667. The summed E-state index contributed by atoms with van der Waals surface area (Å²) in [7, 11) is 0. The number of hydrogen-bond donors (Lipinski definition) is 2. The third-order valence-corrected chi connectivity index (χ3v) is 5.88. The number of likely N-dealkylation sites (tertiary alicyclic amines) is 1. The van der Waals surface area contributed by atoms with Gasteiger partial charge in [-0.1, -0.05) is 11.6 Å². The molecule has 24 heavy (non-hydrogen) atoms. The van der Waals surface area contributed by atoms with Crippen LogP contribution in [0.1, 0.15) is 19.3 Å². The highest BCUT2D eigenvalue weighted by atomic mass is 35.5. The fourth-order valence-corrected chi connectivity index (χ4v) is 4.21. The summed E-state index contributed by atoms with van der Waals surface area (Å²) in [5.74, 6) is -0.712. The van der Waals surface area contributed by atoms with Gasteiger partial charge in [0.05, 0.1) is 10.9 Å². The number of anilines is 1. The lowest BCUT2D eigenvalue weighted by Gasteiger charge is -2.32. The van der Waals surface area contributed by atoms with Gasteiger partial charge in [0.2, 0.25) is 17.7 Å². The van der Waals surface area contributed by atoms with Crippen molar-refractivity contribution in [2.75, 3.05) is 18.4 Å². The van der Waals surface area contributed by atoms with Crippen molar-refractivity contribution in [3.05, 3.63) is 23.2 Å². The standard InChI is InChI=1S/C16H18ClN3O3S/c17-10-1-2-12-11(7-10)19-16(23)13(24-12)8-14(21)20-5-3-9(4-6-20)15(18)22/h1-2,7,9,13H,3-6,8H2,(H2,18,22)(H,19,23). The molecule has 2 heterocycles. The molecule has 1 atom stereocenters. The number of carbonyl (C=O) groups excluding carboxylic acids is 3. The van der Waals surface area contributed by atoms with Crippen LogP contribution in [0.15, 0.2) is 23.1 Å². The molecule has 0 aromatic heterocycles. The van der Waals surface area contributed by atoms with E-state index < -0.39 is 5.25 Å². The van der Waals surface area contributed by atoms with Crippen molar-refractivity contribution in [1.29, 1.82) is 0 Å². The summed E-state index contributed by atoms with van der Waals surface area (Å²) in [4.78, 5) is 38.5. The Kier molecular flexibility index (Phi) is 5.01. The Morgan fingerprint density at radius 2 is 2.04 bits per heavy atom. The zero-order chi connectivity index (χ0) is 17.3. The average molecular weight is 368 g/mol. The van der Waals surface area contributed by atoms with Crippen LogP contribution >= 0.6 is 23.4 Å². The van der Waals surface area contributed by atoms with Crippen molar-refractivity contribution < 1.29 is 14.4 Å². The second-order valence-electron chi connectivity index (χ2n) is 6.00. The topological polar surface area (TPSA) is 92.5 Å². The van der Waals surface area contributed by atoms with Gasteiger partial charge in [0.25, 0.3) is 0 Å². The summed E-state index contributed by atoms with van der Waals surface area (Å²) in [6, 6.07) is 5.31. The first kappa shape index (κ1) is 17.1. The van der Waals surface area contributed by atoms with Crippen LogP contribution in [0.3, 0.4) is 0 Å². The van der Waals surface area contributed by atoms with Crippen LogP contribution < -0.4 is 11.1 Å². The summed E-state index contributed by atoms with van der Waals surface area (Å²) in [6.07, 6.45) is 1.32. The molecule has 128 valence electrons. The van der Waals surface area contributed by atoms with E-state index in [2.05, 4.69) is 5.32 Å². The van der Waals surface area contributed by atoms with Crippen molar-refractivity contribution in [2.24, 2.45) is 11.7 Å². The van der Waals surface area contributed by atoms with Crippen molar-refractivity contribution >= 4 is 46.8 Å². The van der Waals surface area contributed by atoms with Crippen LogP contribution in [0.2, 0.25) is 5.02 Å². The van der Waals surface area contributed by atoms with Gasteiger partial charge in [-0.2, -0.15) is 0 Å². The monoisotopic (exact) mass is 367 g/mol. The molecular formula is C16H18ClN3O3S. The minimum Gasteiger partial charge on any atom is -0.369 e. The van der Waals surface area contributed by atoms with E-state index >= 15 is 0 Å². The lowest BCUT2D eigenvalue weighted by Crippen LogP contribution is -2.43. The van der Waals surface area contributed by atoms with Crippen molar-refractivity contribution in [1.82, 2.24) is 4.90 Å². The summed E-state index contributed by atoms with van der Waals surface area (Å²) < 4.78 is 0. The molecule has 1 fully saturated rings. The Bertz CT molecular complexity index is 689. The molecule has 2 aliphatic heterocycles. The molecule has 1 aromatic rings. The molecule has 1 aromatic carbocycles. The normalized spacial score (nSPS) is 21.1. The molecule has 3 amide bonds. The first-order chi connectivity index (χ1) is 11.4. The number of primary amides is 1. The molecule has 1 unspecified atom stereocenters. The largest absolute Gasteiger partial charge is 0.369 e. The Morgan fingerprint density at radius 1 is 1.33 bits per heavy atom. The first-order valence-corrected chi connectivity index (χ1v) is 9.04. The number of nitrogens with zero attached hydrogens (tertiary/aromatic N) is 1. The highest BCUT2D eigenvalue weighted by molar-refractivity contribution is 8.01. The second kappa shape index (κ2) is 7.03. The second-order valence-corrected chi connectivity index (χ2v) is 7.68. The molecule has 3 rings (SSSR count). The van der Waals surface area contributed by atoms with Crippen molar-refractivity contribution in [3.63, 3.8) is 0 Å². The maximum atomic E-state index is 12.4. The molecule has 0 aliphatic carbocycles. The zero-order valence-electron chi connectivity index (χ0n) is 13.0. The van der Waals surface area contributed by atoms with Crippen LogP contribution in [0.4, 0.5) is 5.69 Å². The van der Waals surface area contributed by atoms with Gasteiger partial charge < -0.3 is 16.0 Å². The number of nitrogens with two attached hydrogens (primary N) is 1. The SMILES string of the molecule is NC(=O)C1CCN(C(=O)CC2Sc3ccc(Cl)cc3NC2=O)CC1. The molecular weight excluding hydrogens is 350 g/mol. The van der Waals surface area contributed by atoms with E-state index in [0.717, 1.165) is 4.90 Å². The van der Waals surface area contributed by atoms with Gasteiger partial charge >= 0.3 is 0 Å². The van der Waals surface area contributed by atoms with Crippen LogP contribution in [0.25, 0.3) is 0 Å². The van der Waals surface area contributed by atoms with Gasteiger partial charge in [0, 0.05) is 35.3 Å². The van der Waals surface area contributed by atoms with E-state index in [1.807, 2.05) is 6.07 Å². The Labute approximate surface area is 149 Å². The van der Waals surface area contributed by atoms with Gasteiger partial charge in [0.15, 0.2) is 0 Å². The predicted octanol–water partition coefficient (Wildman–Crippen LogP) is 1.87. The number of carbonyl (C=O) groups is 3. The number of benzene rings is 1. The molecule has 0 radical (unpaired) electrons. The van der Waals surface area contributed by atoms with E-state index in [9.17, 15) is 14.4 Å². The van der Waals surface area contributed by atoms with E-state index in [1.165, 1.54) is 11.8 Å². The number of hydrogen-bond acceptors (Lipinski definition) is 4. The van der Waals surface area contributed by atoms with E-state index in [-0.39, 0.29) is 30.1 Å². The van der Waals surface area contributed by atoms with Crippen LogP contribution in [-0.4, -0.2) is 41.0 Å². The maximum Gasteiger partial charge on any atom is 0.238 e. The Hall–Kier alpha value is -1.73. The average Bonchev–Trinajstić information content (AvgIpc) is 2.55. The van der Waals surface area contributed by atoms with Crippen LogP contribution in [0, 0.1) is 5.92 Å². The van der Waals surface area contributed by atoms with E-state index in [0.29, 0.717) is 36.6 Å². The first-order valence-electron chi connectivity index (χ1n) is 7.78. The molecule has 3 N–H and O–H groups in total. The predicted molar refractivity (Wildman–Crippen MR) is 92.8 cm³/mol. The molecule has 0 bridgehead atoms.